The number of nitrogens with zero attached hydrogens (tertiary/aromatic N) is 1. The van der Waals surface area contributed by atoms with Crippen molar-refractivity contribution in [1.29, 1.82) is 0 Å². The molecule has 0 saturated heterocycles. The molecule has 20 heavy (non-hydrogen) atoms. The molecule has 1 N–H and O–H groups in total. The highest BCUT2D eigenvalue weighted by molar-refractivity contribution is 6.31. The molecule has 0 aliphatic rings. The topological polar surface area (TPSA) is 34.1 Å². The average Bonchev–Trinajstić information content (AvgIpc) is 2.42. The van der Waals surface area contributed by atoms with Gasteiger partial charge in [-0.25, -0.2) is 0 Å². The number of halogens is 1. The van der Waals surface area contributed by atoms with E-state index in [1.807, 2.05) is 50.2 Å². The first-order valence-corrected chi connectivity index (χ1v) is 6.70. The predicted octanol–water partition coefficient (Wildman–Crippen LogP) is 4.04. The van der Waals surface area contributed by atoms with E-state index in [0.29, 0.717) is 12.3 Å². The zero-order chi connectivity index (χ0) is 14.5. The van der Waals surface area contributed by atoms with E-state index in [-0.39, 0.29) is 0 Å². The van der Waals surface area contributed by atoms with Crippen LogP contribution in [0.1, 0.15) is 22.5 Å². The van der Waals surface area contributed by atoms with Crippen molar-refractivity contribution in [1.82, 2.24) is 10.5 Å². The first-order chi connectivity index (χ1) is 9.56. The average molecular weight is 289 g/mol. The van der Waals surface area contributed by atoms with Crippen LogP contribution >= 0.6 is 11.6 Å². The van der Waals surface area contributed by atoms with Gasteiger partial charge in [-0.3, -0.25) is 15.3 Å². The van der Waals surface area contributed by atoms with E-state index in [2.05, 4.69) is 17.0 Å². The number of aromatic nitrogens is 1. The summed E-state index contributed by atoms with van der Waals surface area (Å²) >= 11 is 5.99. The molecule has 104 valence electrons. The maximum Gasteiger partial charge on any atom is 0.117 e. The third-order valence-corrected chi connectivity index (χ3v) is 3.29. The maximum absolute atomic E-state index is 5.99. The number of nitrogens with one attached hydrogen (secondary N) is 1. The maximum atomic E-state index is 5.99. The van der Waals surface area contributed by atoms with Crippen LogP contribution in [0, 0.1) is 13.8 Å². The van der Waals surface area contributed by atoms with E-state index in [9.17, 15) is 0 Å². The molecular weight excluding hydrogens is 272 g/mol. The van der Waals surface area contributed by atoms with Crippen molar-refractivity contribution in [2.45, 2.75) is 20.5 Å². The summed E-state index contributed by atoms with van der Waals surface area (Å²) in [7, 11) is 0. The Morgan fingerprint density at radius 3 is 2.80 bits per heavy atom. The lowest BCUT2D eigenvalue weighted by molar-refractivity contribution is 0.0625. The molecule has 1 aromatic heterocycles. The van der Waals surface area contributed by atoms with Crippen LogP contribution in [-0.2, 0) is 11.4 Å². The van der Waals surface area contributed by atoms with Crippen LogP contribution in [0.4, 0.5) is 0 Å². The van der Waals surface area contributed by atoms with E-state index in [0.717, 1.165) is 27.5 Å². The summed E-state index contributed by atoms with van der Waals surface area (Å²) in [6, 6.07) is 11.5. The summed E-state index contributed by atoms with van der Waals surface area (Å²) in [6.07, 6.45) is 0. The van der Waals surface area contributed by atoms with Gasteiger partial charge in [0.1, 0.15) is 6.61 Å². The molecule has 0 amide bonds. The molecule has 0 aliphatic heterocycles. The van der Waals surface area contributed by atoms with E-state index >= 15 is 0 Å². The Hall–Kier alpha value is -1.84. The SMILES string of the molecule is C=C(NOCc1cccc(C)n1)c1ccc(Cl)c(C)c1. The number of benzene rings is 1. The molecule has 1 aromatic carbocycles. The lowest BCUT2D eigenvalue weighted by atomic mass is 10.1. The first-order valence-electron chi connectivity index (χ1n) is 6.32. The van der Waals surface area contributed by atoms with Crippen molar-refractivity contribution in [2.75, 3.05) is 0 Å². The van der Waals surface area contributed by atoms with Gasteiger partial charge in [-0.1, -0.05) is 30.3 Å². The van der Waals surface area contributed by atoms with Gasteiger partial charge in [-0.15, -0.1) is 0 Å². The molecule has 0 unspecified atom stereocenters. The lowest BCUT2D eigenvalue weighted by Crippen LogP contribution is -2.13. The number of pyridine rings is 1. The fraction of sp³-hybridized carbons (Fsp3) is 0.188. The second-order valence-corrected chi connectivity index (χ2v) is 5.01. The predicted molar refractivity (Wildman–Crippen MR) is 82.1 cm³/mol. The van der Waals surface area contributed by atoms with Crippen LogP contribution in [0.5, 0.6) is 0 Å². The molecule has 0 fully saturated rings. The van der Waals surface area contributed by atoms with Gasteiger partial charge in [0.05, 0.1) is 11.4 Å². The molecule has 0 atom stereocenters. The molecule has 3 nitrogen and oxygen atoms in total. The van der Waals surface area contributed by atoms with Gasteiger partial charge in [-0.2, -0.15) is 0 Å². The zero-order valence-electron chi connectivity index (χ0n) is 11.6. The van der Waals surface area contributed by atoms with E-state index < -0.39 is 0 Å². The van der Waals surface area contributed by atoms with E-state index in [1.54, 1.807) is 0 Å². The second-order valence-electron chi connectivity index (χ2n) is 4.60. The lowest BCUT2D eigenvalue weighted by Gasteiger charge is -2.11. The fourth-order valence-corrected chi connectivity index (χ4v) is 1.89. The Balaban J connectivity index is 1.90. The van der Waals surface area contributed by atoms with E-state index in [4.69, 9.17) is 16.4 Å². The minimum Gasteiger partial charge on any atom is -0.270 e. The molecule has 0 radical (unpaired) electrons. The van der Waals surface area contributed by atoms with Crippen molar-refractivity contribution in [3.05, 3.63) is 70.5 Å². The van der Waals surface area contributed by atoms with Gasteiger partial charge in [0.15, 0.2) is 0 Å². The summed E-state index contributed by atoms with van der Waals surface area (Å²) < 4.78 is 0. The van der Waals surface area contributed by atoms with Crippen LogP contribution in [0.15, 0.2) is 43.0 Å². The number of hydroxylamine groups is 1. The van der Waals surface area contributed by atoms with Crippen molar-refractivity contribution >= 4 is 17.3 Å². The summed E-state index contributed by atoms with van der Waals surface area (Å²) in [6.45, 7) is 8.23. The highest BCUT2D eigenvalue weighted by Crippen LogP contribution is 2.19. The highest BCUT2D eigenvalue weighted by Gasteiger charge is 2.02. The number of rotatable bonds is 5. The summed E-state index contributed by atoms with van der Waals surface area (Å²) in [5.74, 6) is 0. The quantitative estimate of drug-likeness (QED) is 0.843. The smallest absolute Gasteiger partial charge is 0.117 e. The largest absolute Gasteiger partial charge is 0.270 e. The molecule has 0 spiro atoms. The van der Waals surface area contributed by atoms with Crippen LogP contribution in [0.3, 0.4) is 0 Å². The van der Waals surface area contributed by atoms with Crippen molar-refractivity contribution in [2.24, 2.45) is 0 Å². The Bertz CT molecular complexity index is 626. The Morgan fingerprint density at radius 2 is 2.10 bits per heavy atom. The van der Waals surface area contributed by atoms with Crippen LogP contribution in [0.25, 0.3) is 5.70 Å². The molecule has 0 aliphatic carbocycles. The Labute approximate surface area is 124 Å². The third kappa shape index (κ3) is 3.83. The minimum absolute atomic E-state index is 0.382. The summed E-state index contributed by atoms with van der Waals surface area (Å²) in [4.78, 5) is 9.77. The summed E-state index contributed by atoms with van der Waals surface area (Å²) in [5, 5.41) is 0.742. The monoisotopic (exact) mass is 288 g/mol. The zero-order valence-corrected chi connectivity index (χ0v) is 12.4. The Kier molecular flexibility index (Phi) is 4.77. The molecule has 4 heteroatoms. The fourth-order valence-electron chi connectivity index (χ4n) is 1.77. The molecular formula is C16H17ClN2O. The molecule has 2 rings (SSSR count). The third-order valence-electron chi connectivity index (χ3n) is 2.87. The number of hydrogen-bond donors (Lipinski definition) is 1. The van der Waals surface area contributed by atoms with Gasteiger partial charge in [0.2, 0.25) is 0 Å². The van der Waals surface area contributed by atoms with Crippen molar-refractivity contribution in [3.8, 4) is 0 Å². The molecule has 1 heterocycles. The minimum atomic E-state index is 0.382. The Morgan fingerprint density at radius 1 is 1.30 bits per heavy atom. The molecule has 0 bridgehead atoms. The first kappa shape index (κ1) is 14.6. The van der Waals surface area contributed by atoms with Crippen LogP contribution < -0.4 is 5.48 Å². The number of hydrogen-bond acceptors (Lipinski definition) is 3. The molecule has 2 aromatic rings. The van der Waals surface area contributed by atoms with Crippen LogP contribution in [-0.4, -0.2) is 4.98 Å². The van der Waals surface area contributed by atoms with Crippen molar-refractivity contribution in [3.63, 3.8) is 0 Å². The number of aryl methyl sites for hydroxylation is 2. The van der Waals surface area contributed by atoms with Crippen molar-refractivity contribution < 1.29 is 4.84 Å². The van der Waals surface area contributed by atoms with Gasteiger partial charge in [0, 0.05) is 10.7 Å². The van der Waals surface area contributed by atoms with Crippen LogP contribution in [0.2, 0.25) is 5.02 Å². The van der Waals surface area contributed by atoms with Gasteiger partial charge >= 0.3 is 0 Å². The highest BCUT2D eigenvalue weighted by atomic mass is 35.5. The normalized spacial score (nSPS) is 10.3. The van der Waals surface area contributed by atoms with Gasteiger partial charge < -0.3 is 0 Å². The van der Waals surface area contributed by atoms with Gasteiger partial charge in [0.25, 0.3) is 0 Å². The van der Waals surface area contributed by atoms with Gasteiger partial charge in [-0.05, 0) is 49.2 Å². The summed E-state index contributed by atoms with van der Waals surface area (Å²) in [5.41, 5.74) is 7.33. The second kappa shape index (κ2) is 6.55. The van der Waals surface area contributed by atoms with E-state index in [1.165, 1.54) is 0 Å². The molecule has 0 saturated carbocycles. The standard InChI is InChI=1S/C16H17ClN2O/c1-11-9-14(7-8-16(11)17)13(3)19-20-10-15-6-4-5-12(2)18-15/h4-9,19H,3,10H2,1-2H3.